The Labute approximate surface area is 102 Å². The largest absolute Gasteiger partial charge is 0.373 e. The van der Waals surface area contributed by atoms with E-state index in [2.05, 4.69) is 11.5 Å². The van der Waals surface area contributed by atoms with Crippen molar-refractivity contribution >= 4 is 0 Å². The molecule has 0 saturated heterocycles. The van der Waals surface area contributed by atoms with Crippen LogP contribution in [0.1, 0.15) is 41.8 Å². The molecule has 1 aromatic rings. The van der Waals surface area contributed by atoms with Crippen LogP contribution in [-0.4, -0.2) is 16.8 Å². The maximum absolute atomic E-state index is 13.5. The lowest BCUT2D eigenvalue weighted by atomic mass is 9.93. The number of alkyl halides is 1. The molecule has 1 heterocycles. The minimum Gasteiger partial charge on any atom is -0.373 e. The Kier molecular flexibility index (Phi) is 2.74. The van der Waals surface area contributed by atoms with E-state index in [1.54, 1.807) is 0 Å². The lowest BCUT2D eigenvalue weighted by molar-refractivity contribution is 0.105. The molecule has 1 unspecified atom stereocenters. The van der Waals surface area contributed by atoms with Crippen LogP contribution in [0.25, 0.3) is 0 Å². The molecule has 1 fully saturated rings. The van der Waals surface area contributed by atoms with E-state index < -0.39 is 6.17 Å². The zero-order valence-electron chi connectivity index (χ0n) is 10.6. The fourth-order valence-corrected chi connectivity index (χ4v) is 2.80. The molecule has 3 rings (SSSR count). The first-order valence-corrected chi connectivity index (χ1v) is 6.58. The molecule has 1 atom stereocenters. The van der Waals surface area contributed by atoms with Gasteiger partial charge in [0.2, 0.25) is 0 Å². The highest BCUT2D eigenvalue weighted by Gasteiger charge is 2.28. The standard InChI is InChI=1S/C14H20FNO/c1-9-13(8-17-11-4-5-11)12-6-3-10(15)7-14(12)16(9)2/h10-11H,3-8H2,1-2H3. The predicted octanol–water partition coefficient (Wildman–Crippen LogP) is 2.84. The quantitative estimate of drug-likeness (QED) is 0.788. The van der Waals surface area contributed by atoms with Crippen molar-refractivity contribution < 1.29 is 9.13 Å². The van der Waals surface area contributed by atoms with Gasteiger partial charge in [-0.2, -0.15) is 0 Å². The second-order valence-corrected chi connectivity index (χ2v) is 5.40. The maximum Gasteiger partial charge on any atom is 0.106 e. The Hall–Kier alpha value is -0.830. The van der Waals surface area contributed by atoms with E-state index in [4.69, 9.17) is 4.74 Å². The van der Waals surface area contributed by atoms with Crippen molar-refractivity contribution in [1.29, 1.82) is 0 Å². The molecule has 2 aliphatic carbocycles. The Bertz CT molecular complexity index is 434. The summed E-state index contributed by atoms with van der Waals surface area (Å²) in [5.41, 5.74) is 5.13. The summed E-state index contributed by atoms with van der Waals surface area (Å²) in [7, 11) is 2.05. The molecule has 0 radical (unpaired) electrons. The van der Waals surface area contributed by atoms with Crippen molar-refractivity contribution in [2.24, 2.45) is 7.05 Å². The van der Waals surface area contributed by atoms with E-state index in [9.17, 15) is 4.39 Å². The third kappa shape index (κ3) is 2.01. The summed E-state index contributed by atoms with van der Waals surface area (Å²) < 4.78 is 21.4. The second kappa shape index (κ2) is 4.13. The number of hydrogen-bond acceptors (Lipinski definition) is 1. The molecule has 1 aromatic heterocycles. The first kappa shape index (κ1) is 11.3. The monoisotopic (exact) mass is 237 g/mol. The average molecular weight is 237 g/mol. The molecule has 2 aliphatic rings. The highest BCUT2D eigenvalue weighted by atomic mass is 19.1. The Balaban J connectivity index is 1.88. The molecule has 3 heteroatoms. The lowest BCUT2D eigenvalue weighted by Crippen LogP contribution is -2.17. The SMILES string of the molecule is Cc1c(COC2CC2)c2c(n1C)CC(F)CC2. The number of halogens is 1. The van der Waals surface area contributed by atoms with Crippen molar-refractivity contribution in [1.82, 2.24) is 4.57 Å². The van der Waals surface area contributed by atoms with Gasteiger partial charge in [0.15, 0.2) is 0 Å². The summed E-state index contributed by atoms with van der Waals surface area (Å²) in [5.74, 6) is 0. The number of fused-ring (bicyclic) bond motifs is 1. The second-order valence-electron chi connectivity index (χ2n) is 5.40. The minimum absolute atomic E-state index is 0.489. The van der Waals surface area contributed by atoms with Gasteiger partial charge in [0.05, 0.1) is 12.7 Å². The molecule has 2 nitrogen and oxygen atoms in total. The van der Waals surface area contributed by atoms with Crippen LogP contribution in [0.4, 0.5) is 4.39 Å². The molecule has 0 bridgehead atoms. The van der Waals surface area contributed by atoms with Gasteiger partial charge in [-0.15, -0.1) is 0 Å². The number of ether oxygens (including phenoxy) is 1. The molecule has 94 valence electrons. The fourth-order valence-electron chi connectivity index (χ4n) is 2.80. The average Bonchev–Trinajstić information content (AvgIpc) is 3.10. The molecule has 0 aromatic carbocycles. The summed E-state index contributed by atoms with van der Waals surface area (Å²) in [6, 6.07) is 0. The number of hydrogen-bond donors (Lipinski definition) is 0. The van der Waals surface area contributed by atoms with Crippen LogP contribution in [0.2, 0.25) is 0 Å². The zero-order valence-corrected chi connectivity index (χ0v) is 10.6. The Morgan fingerprint density at radius 2 is 2.12 bits per heavy atom. The van der Waals surface area contributed by atoms with Gasteiger partial charge in [0, 0.05) is 30.4 Å². The van der Waals surface area contributed by atoms with Gasteiger partial charge >= 0.3 is 0 Å². The van der Waals surface area contributed by atoms with Crippen LogP contribution in [-0.2, 0) is 31.2 Å². The minimum atomic E-state index is -0.660. The molecule has 0 spiro atoms. The van der Waals surface area contributed by atoms with Gasteiger partial charge < -0.3 is 9.30 Å². The van der Waals surface area contributed by atoms with Crippen molar-refractivity contribution in [2.45, 2.75) is 57.9 Å². The summed E-state index contributed by atoms with van der Waals surface area (Å²) in [6.45, 7) is 2.84. The summed E-state index contributed by atoms with van der Waals surface area (Å²) in [6.07, 6.45) is 4.38. The first-order chi connectivity index (χ1) is 8.16. The topological polar surface area (TPSA) is 14.2 Å². The summed E-state index contributed by atoms with van der Waals surface area (Å²) in [5, 5.41) is 0. The smallest absolute Gasteiger partial charge is 0.106 e. The van der Waals surface area contributed by atoms with Crippen LogP contribution < -0.4 is 0 Å². The van der Waals surface area contributed by atoms with E-state index >= 15 is 0 Å². The van der Waals surface area contributed by atoms with Crippen LogP contribution in [0, 0.1) is 6.92 Å². The normalized spacial score (nSPS) is 23.8. The Morgan fingerprint density at radius 1 is 1.35 bits per heavy atom. The molecule has 17 heavy (non-hydrogen) atoms. The number of nitrogens with zero attached hydrogens (tertiary/aromatic N) is 1. The van der Waals surface area contributed by atoms with E-state index in [-0.39, 0.29) is 0 Å². The van der Waals surface area contributed by atoms with Crippen LogP contribution in [0.3, 0.4) is 0 Å². The van der Waals surface area contributed by atoms with Gasteiger partial charge in [-0.1, -0.05) is 0 Å². The lowest BCUT2D eigenvalue weighted by Gasteiger charge is -2.18. The van der Waals surface area contributed by atoms with Crippen LogP contribution in [0.15, 0.2) is 0 Å². The zero-order chi connectivity index (χ0) is 12.0. The van der Waals surface area contributed by atoms with Gasteiger partial charge in [0.1, 0.15) is 6.17 Å². The van der Waals surface area contributed by atoms with Crippen LogP contribution >= 0.6 is 0 Å². The molecule has 0 aliphatic heterocycles. The first-order valence-electron chi connectivity index (χ1n) is 6.58. The molecular formula is C14H20FNO. The van der Waals surface area contributed by atoms with Gasteiger partial charge in [-0.05, 0) is 38.2 Å². The van der Waals surface area contributed by atoms with Gasteiger partial charge in [-0.25, -0.2) is 4.39 Å². The van der Waals surface area contributed by atoms with Crippen molar-refractivity contribution in [3.8, 4) is 0 Å². The van der Waals surface area contributed by atoms with Gasteiger partial charge in [-0.3, -0.25) is 0 Å². The van der Waals surface area contributed by atoms with Crippen molar-refractivity contribution in [3.05, 3.63) is 22.5 Å². The molecular weight excluding hydrogens is 217 g/mol. The third-order valence-electron chi connectivity index (χ3n) is 4.17. The van der Waals surface area contributed by atoms with E-state index in [0.717, 1.165) is 13.0 Å². The Morgan fingerprint density at radius 3 is 2.82 bits per heavy atom. The summed E-state index contributed by atoms with van der Waals surface area (Å²) in [4.78, 5) is 0. The molecule has 0 amide bonds. The number of aromatic nitrogens is 1. The van der Waals surface area contributed by atoms with E-state index in [1.165, 1.54) is 35.4 Å². The van der Waals surface area contributed by atoms with E-state index in [1.807, 2.05) is 7.05 Å². The van der Waals surface area contributed by atoms with Gasteiger partial charge in [0.25, 0.3) is 0 Å². The summed E-state index contributed by atoms with van der Waals surface area (Å²) >= 11 is 0. The third-order valence-corrected chi connectivity index (χ3v) is 4.17. The van der Waals surface area contributed by atoms with Crippen molar-refractivity contribution in [2.75, 3.05) is 0 Å². The highest BCUT2D eigenvalue weighted by molar-refractivity contribution is 5.39. The van der Waals surface area contributed by atoms with Crippen molar-refractivity contribution in [3.63, 3.8) is 0 Å². The highest BCUT2D eigenvalue weighted by Crippen LogP contribution is 2.32. The van der Waals surface area contributed by atoms with E-state index in [0.29, 0.717) is 18.9 Å². The predicted molar refractivity (Wildman–Crippen MR) is 64.9 cm³/mol. The maximum atomic E-state index is 13.5. The molecule has 1 saturated carbocycles. The molecule has 0 N–H and O–H groups in total. The fraction of sp³-hybridized carbons (Fsp3) is 0.714. The number of rotatable bonds is 3. The van der Waals surface area contributed by atoms with Crippen LogP contribution in [0.5, 0.6) is 0 Å².